The van der Waals surface area contributed by atoms with E-state index in [4.69, 9.17) is 14.5 Å². The van der Waals surface area contributed by atoms with E-state index >= 15 is 0 Å². The molecular weight excluding hydrogens is 414 g/mol. The van der Waals surface area contributed by atoms with Crippen molar-refractivity contribution in [1.82, 2.24) is 14.9 Å². The van der Waals surface area contributed by atoms with Crippen LogP contribution in [0.15, 0.2) is 66.7 Å². The molecule has 0 unspecified atom stereocenters. The van der Waals surface area contributed by atoms with Crippen LogP contribution in [-0.2, 0) is 17.8 Å². The number of methoxy groups -OCH3 is 1. The van der Waals surface area contributed by atoms with Gasteiger partial charge in [0.2, 0.25) is 0 Å². The Morgan fingerprint density at radius 1 is 1.03 bits per heavy atom. The second kappa shape index (κ2) is 10.2. The number of hydrogen-bond acceptors (Lipinski definition) is 4. The lowest BCUT2D eigenvalue weighted by Crippen LogP contribution is -2.31. The first-order valence-corrected chi connectivity index (χ1v) is 11.1. The Labute approximate surface area is 194 Å². The lowest BCUT2D eigenvalue weighted by molar-refractivity contribution is -0.123. The number of amides is 1. The molecule has 0 radical (unpaired) electrons. The first kappa shape index (κ1) is 22.4. The summed E-state index contributed by atoms with van der Waals surface area (Å²) in [6, 6.07) is 22.1. The lowest BCUT2D eigenvalue weighted by atomic mass is 10.1. The summed E-state index contributed by atoms with van der Waals surface area (Å²) < 4.78 is 13.2. The summed E-state index contributed by atoms with van der Waals surface area (Å²) in [7, 11) is 1.66. The van der Waals surface area contributed by atoms with E-state index in [1.807, 2.05) is 62.4 Å². The molecule has 0 aliphatic heterocycles. The molecule has 1 heterocycles. The van der Waals surface area contributed by atoms with Gasteiger partial charge in [0.25, 0.3) is 5.91 Å². The summed E-state index contributed by atoms with van der Waals surface area (Å²) in [6.45, 7) is 5.15. The van der Waals surface area contributed by atoms with Crippen molar-refractivity contribution >= 4 is 16.9 Å². The van der Waals surface area contributed by atoms with Gasteiger partial charge in [0.1, 0.15) is 17.3 Å². The van der Waals surface area contributed by atoms with Crippen molar-refractivity contribution in [3.05, 3.63) is 89.2 Å². The highest BCUT2D eigenvalue weighted by molar-refractivity contribution is 5.78. The number of nitrogens with zero attached hydrogens (tertiary/aromatic N) is 2. The zero-order valence-corrected chi connectivity index (χ0v) is 19.3. The number of para-hydroxylation sites is 2. The van der Waals surface area contributed by atoms with Gasteiger partial charge in [0.05, 0.1) is 18.1 Å². The van der Waals surface area contributed by atoms with E-state index in [9.17, 15) is 4.79 Å². The Hall–Kier alpha value is -3.80. The number of hydrogen-bond donors (Lipinski definition) is 1. The maximum atomic E-state index is 12.3. The van der Waals surface area contributed by atoms with Crippen LogP contribution in [0.1, 0.15) is 22.5 Å². The topological polar surface area (TPSA) is 65.4 Å². The van der Waals surface area contributed by atoms with Crippen molar-refractivity contribution in [2.75, 3.05) is 20.3 Å². The zero-order valence-electron chi connectivity index (χ0n) is 19.3. The molecule has 0 saturated heterocycles. The molecule has 0 saturated carbocycles. The first-order chi connectivity index (χ1) is 16.0. The van der Waals surface area contributed by atoms with E-state index in [2.05, 4.69) is 28.1 Å². The number of nitrogens with one attached hydrogen (secondary N) is 1. The van der Waals surface area contributed by atoms with Crippen LogP contribution >= 0.6 is 0 Å². The van der Waals surface area contributed by atoms with Crippen LogP contribution < -0.4 is 14.8 Å². The highest BCUT2D eigenvalue weighted by Crippen LogP contribution is 2.20. The summed E-state index contributed by atoms with van der Waals surface area (Å²) in [4.78, 5) is 17.1. The molecule has 1 aromatic heterocycles. The summed E-state index contributed by atoms with van der Waals surface area (Å²) >= 11 is 0. The highest BCUT2D eigenvalue weighted by Gasteiger charge is 2.12. The maximum Gasteiger partial charge on any atom is 0.257 e. The summed E-state index contributed by atoms with van der Waals surface area (Å²) in [5.74, 6) is 2.36. The van der Waals surface area contributed by atoms with Gasteiger partial charge in [-0.05, 0) is 60.9 Å². The third-order valence-electron chi connectivity index (χ3n) is 5.61. The van der Waals surface area contributed by atoms with Crippen LogP contribution in [0.3, 0.4) is 0 Å². The Balaban J connectivity index is 1.40. The van der Waals surface area contributed by atoms with E-state index in [1.54, 1.807) is 7.11 Å². The van der Waals surface area contributed by atoms with Crippen LogP contribution in [0.5, 0.6) is 11.5 Å². The molecule has 1 amide bonds. The first-order valence-electron chi connectivity index (χ1n) is 11.1. The van der Waals surface area contributed by atoms with Gasteiger partial charge in [0.15, 0.2) is 6.61 Å². The number of rotatable bonds is 9. The summed E-state index contributed by atoms with van der Waals surface area (Å²) in [6.07, 6.45) is 0.625. The normalized spacial score (nSPS) is 10.9. The number of carbonyl (C=O) groups is 1. The average Bonchev–Trinajstić information content (AvgIpc) is 3.17. The van der Waals surface area contributed by atoms with Crippen molar-refractivity contribution in [1.29, 1.82) is 0 Å². The van der Waals surface area contributed by atoms with Gasteiger partial charge in [-0.2, -0.15) is 0 Å². The monoisotopic (exact) mass is 443 g/mol. The van der Waals surface area contributed by atoms with Crippen molar-refractivity contribution < 1.29 is 14.3 Å². The van der Waals surface area contributed by atoms with Gasteiger partial charge in [0, 0.05) is 19.5 Å². The van der Waals surface area contributed by atoms with E-state index in [-0.39, 0.29) is 12.5 Å². The van der Waals surface area contributed by atoms with Crippen molar-refractivity contribution in [3.8, 4) is 11.5 Å². The van der Waals surface area contributed by atoms with Crippen molar-refractivity contribution in [3.63, 3.8) is 0 Å². The molecule has 0 fully saturated rings. The molecular formula is C27H29N3O3. The van der Waals surface area contributed by atoms with E-state index < -0.39 is 0 Å². The second-order valence-electron chi connectivity index (χ2n) is 8.11. The second-order valence-corrected chi connectivity index (χ2v) is 8.11. The number of aryl methyl sites for hydroxylation is 2. The fourth-order valence-electron chi connectivity index (χ4n) is 3.78. The highest BCUT2D eigenvalue weighted by atomic mass is 16.5. The largest absolute Gasteiger partial charge is 0.497 e. The molecule has 0 aliphatic carbocycles. The van der Waals surface area contributed by atoms with Crippen LogP contribution in [0.2, 0.25) is 0 Å². The number of fused-ring (bicyclic) bond motifs is 1. The molecule has 33 heavy (non-hydrogen) atoms. The molecule has 170 valence electrons. The molecule has 4 aromatic rings. The molecule has 0 atom stereocenters. The molecule has 0 spiro atoms. The van der Waals surface area contributed by atoms with E-state index in [0.717, 1.165) is 45.0 Å². The van der Waals surface area contributed by atoms with Crippen LogP contribution in [-0.4, -0.2) is 35.7 Å². The van der Waals surface area contributed by atoms with Gasteiger partial charge < -0.3 is 19.4 Å². The minimum Gasteiger partial charge on any atom is -0.497 e. The van der Waals surface area contributed by atoms with E-state index in [1.165, 1.54) is 0 Å². The van der Waals surface area contributed by atoms with Crippen molar-refractivity contribution in [2.45, 2.75) is 26.8 Å². The third-order valence-corrected chi connectivity index (χ3v) is 5.61. The molecule has 1 N–H and O–H groups in total. The number of benzene rings is 3. The van der Waals surface area contributed by atoms with Gasteiger partial charge >= 0.3 is 0 Å². The standard InChI is InChI=1S/C27H29N3O3/c1-19-8-9-20(2)25(16-19)33-18-27(31)28-15-14-26-29-23-6-4-5-7-24(23)30(26)17-21-10-12-22(32-3)13-11-21/h4-13,16H,14-15,17-18H2,1-3H3,(H,28,31). The number of carbonyl (C=O) groups excluding carboxylic acids is 1. The Morgan fingerprint density at radius 3 is 2.61 bits per heavy atom. The Kier molecular flexibility index (Phi) is 6.93. The molecule has 0 bridgehead atoms. The average molecular weight is 444 g/mol. The third kappa shape index (κ3) is 5.52. The quantitative estimate of drug-likeness (QED) is 0.415. The predicted octanol–water partition coefficient (Wildman–Crippen LogP) is 4.45. The number of ether oxygens (including phenoxy) is 2. The van der Waals surface area contributed by atoms with Gasteiger partial charge in [-0.25, -0.2) is 4.98 Å². The van der Waals surface area contributed by atoms with Gasteiger partial charge in [-0.3, -0.25) is 4.79 Å². The molecule has 6 heteroatoms. The van der Waals surface area contributed by atoms with Crippen LogP contribution in [0.25, 0.3) is 11.0 Å². The number of aromatic nitrogens is 2. The van der Waals surface area contributed by atoms with Gasteiger partial charge in [-0.15, -0.1) is 0 Å². The zero-order chi connectivity index (χ0) is 23.2. The fourth-order valence-corrected chi connectivity index (χ4v) is 3.78. The molecule has 4 rings (SSSR count). The molecule has 3 aromatic carbocycles. The van der Waals surface area contributed by atoms with Gasteiger partial charge in [-0.1, -0.05) is 36.4 Å². The molecule has 0 aliphatic rings. The van der Waals surface area contributed by atoms with Crippen molar-refractivity contribution in [2.24, 2.45) is 0 Å². The SMILES string of the molecule is COc1ccc(Cn2c(CCNC(=O)COc3cc(C)ccc3C)nc3ccccc32)cc1. The minimum atomic E-state index is -0.145. The smallest absolute Gasteiger partial charge is 0.257 e. The molecule has 6 nitrogen and oxygen atoms in total. The summed E-state index contributed by atoms with van der Waals surface area (Å²) in [5.41, 5.74) is 5.30. The number of imidazole rings is 1. The van der Waals surface area contributed by atoms with E-state index in [0.29, 0.717) is 19.5 Å². The fraction of sp³-hybridized carbons (Fsp3) is 0.259. The Morgan fingerprint density at radius 2 is 1.82 bits per heavy atom. The predicted molar refractivity (Wildman–Crippen MR) is 130 cm³/mol. The summed E-state index contributed by atoms with van der Waals surface area (Å²) in [5, 5.41) is 2.95. The Bertz CT molecular complexity index is 1250. The van der Waals surface area contributed by atoms with Crippen LogP contribution in [0.4, 0.5) is 0 Å². The minimum absolute atomic E-state index is 0.00738. The van der Waals surface area contributed by atoms with Crippen LogP contribution in [0, 0.1) is 13.8 Å². The maximum absolute atomic E-state index is 12.3. The lowest BCUT2D eigenvalue weighted by Gasteiger charge is -2.12.